The minimum atomic E-state index is -0.0936. The predicted octanol–water partition coefficient (Wildman–Crippen LogP) is 3.02. The van der Waals surface area contributed by atoms with Crippen molar-refractivity contribution in [3.05, 3.63) is 60.0 Å². The third-order valence-electron chi connectivity index (χ3n) is 3.49. The van der Waals surface area contributed by atoms with E-state index < -0.39 is 0 Å². The van der Waals surface area contributed by atoms with E-state index in [1.165, 1.54) is 11.8 Å². The first-order valence-electron chi connectivity index (χ1n) is 7.12. The lowest BCUT2D eigenvalue weighted by Crippen LogP contribution is -2.26. The zero-order valence-electron chi connectivity index (χ0n) is 12.9. The number of nitrogens with zero attached hydrogens (tertiary/aromatic N) is 4. The van der Waals surface area contributed by atoms with Gasteiger partial charge in [0.25, 0.3) is 5.91 Å². The summed E-state index contributed by atoms with van der Waals surface area (Å²) < 4.78 is 0. The first-order valence-corrected chi connectivity index (χ1v) is 8.35. The van der Waals surface area contributed by atoms with Gasteiger partial charge in [0.05, 0.1) is 11.1 Å². The second kappa shape index (κ2) is 6.75. The predicted molar refractivity (Wildman–Crippen MR) is 91.4 cm³/mol. The number of fused-ring (bicyclic) bond motifs is 1. The van der Waals surface area contributed by atoms with Crippen LogP contribution in [0.3, 0.4) is 0 Å². The van der Waals surface area contributed by atoms with Gasteiger partial charge in [0.1, 0.15) is 0 Å². The van der Waals surface area contributed by atoms with E-state index >= 15 is 0 Å². The second-order valence-electron chi connectivity index (χ2n) is 5.15. The lowest BCUT2D eigenvalue weighted by Gasteiger charge is -2.17. The molecule has 2 aromatic heterocycles. The molecule has 3 aromatic rings. The molecule has 0 fully saturated rings. The highest BCUT2D eigenvalue weighted by molar-refractivity contribution is 7.98. The molecule has 1 aromatic carbocycles. The Balaban J connectivity index is 1.76. The van der Waals surface area contributed by atoms with Crippen molar-refractivity contribution < 1.29 is 4.79 Å². The Morgan fingerprint density at radius 1 is 1.17 bits per heavy atom. The van der Waals surface area contributed by atoms with Gasteiger partial charge in [0.15, 0.2) is 5.16 Å². The molecular weight excluding hydrogens is 308 g/mol. The lowest BCUT2D eigenvalue weighted by atomic mass is 10.1. The summed E-state index contributed by atoms with van der Waals surface area (Å²) >= 11 is 1.45. The maximum absolute atomic E-state index is 12.4. The number of hydrogen-bond donors (Lipinski definition) is 0. The van der Waals surface area contributed by atoms with Crippen molar-refractivity contribution in [1.29, 1.82) is 0 Å². The minimum absolute atomic E-state index is 0.0936. The molecule has 0 atom stereocenters. The van der Waals surface area contributed by atoms with Crippen LogP contribution in [0.15, 0.2) is 54.1 Å². The first-order chi connectivity index (χ1) is 11.2. The van der Waals surface area contributed by atoms with E-state index in [0.29, 0.717) is 17.3 Å². The third kappa shape index (κ3) is 3.48. The lowest BCUT2D eigenvalue weighted by molar-refractivity contribution is 0.0784. The number of rotatable bonds is 4. The quantitative estimate of drug-likeness (QED) is 0.545. The summed E-state index contributed by atoms with van der Waals surface area (Å²) in [5.74, 6) is -0.0936. The van der Waals surface area contributed by atoms with Crippen molar-refractivity contribution in [3.63, 3.8) is 0 Å². The molecular formula is C17H16N4OS. The zero-order chi connectivity index (χ0) is 16.2. The average Bonchev–Trinajstić information content (AvgIpc) is 2.61. The fraction of sp³-hybridized carbons (Fsp3) is 0.176. The first kappa shape index (κ1) is 15.4. The molecule has 0 N–H and O–H groups in total. The molecule has 6 heteroatoms. The summed E-state index contributed by atoms with van der Waals surface area (Å²) in [4.78, 5) is 26.7. The minimum Gasteiger partial charge on any atom is -0.337 e. The van der Waals surface area contributed by atoms with Crippen molar-refractivity contribution in [2.75, 3.05) is 13.3 Å². The maximum atomic E-state index is 12.4. The van der Waals surface area contributed by atoms with Crippen LogP contribution < -0.4 is 0 Å². The fourth-order valence-corrected chi connectivity index (χ4v) is 2.64. The van der Waals surface area contributed by atoms with Crippen LogP contribution >= 0.6 is 11.8 Å². The van der Waals surface area contributed by atoms with Crippen molar-refractivity contribution >= 4 is 28.6 Å². The molecule has 0 aliphatic heterocycles. The zero-order valence-corrected chi connectivity index (χ0v) is 13.7. The number of carbonyl (C=O) groups excluding carboxylic acids is 1. The molecule has 0 bridgehead atoms. The van der Waals surface area contributed by atoms with E-state index in [1.54, 1.807) is 30.5 Å². The van der Waals surface area contributed by atoms with Gasteiger partial charge in [0.2, 0.25) is 0 Å². The molecule has 0 unspecified atom stereocenters. The summed E-state index contributed by atoms with van der Waals surface area (Å²) in [6, 6.07) is 9.94. The number of hydrogen-bond acceptors (Lipinski definition) is 5. The number of benzene rings is 1. The summed E-state index contributed by atoms with van der Waals surface area (Å²) in [6.07, 6.45) is 6.82. The summed E-state index contributed by atoms with van der Waals surface area (Å²) in [7, 11) is 1.78. The Morgan fingerprint density at radius 3 is 2.70 bits per heavy atom. The SMILES string of the molecule is CSc1ncc(C(=O)N(C)Cc2ccc3ncccc3c2)cn1. The van der Waals surface area contributed by atoms with Gasteiger partial charge >= 0.3 is 0 Å². The molecule has 0 radical (unpaired) electrons. The van der Waals surface area contributed by atoms with Gasteiger partial charge in [-0.1, -0.05) is 23.9 Å². The van der Waals surface area contributed by atoms with Crippen LogP contribution in [0.2, 0.25) is 0 Å². The molecule has 23 heavy (non-hydrogen) atoms. The van der Waals surface area contributed by atoms with Gasteiger partial charge in [0, 0.05) is 37.6 Å². The summed E-state index contributed by atoms with van der Waals surface area (Å²) in [5.41, 5.74) is 2.50. The van der Waals surface area contributed by atoms with E-state index in [9.17, 15) is 4.79 Å². The Morgan fingerprint density at radius 2 is 1.96 bits per heavy atom. The molecule has 5 nitrogen and oxygen atoms in total. The number of thioether (sulfide) groups is 1. The number of aromatic nitrogens is 3. The molecule has 3 rings (SSSR count). The smallest absolute Gasteiger partial charge is 0.257 e. The van der Waals surface area contributed by atoms with Crippen LogP contribution in [0.4, 0.5) is 0 Å². The number of carbonyl (C=O) groups is 1. The summed E-state index contributed by atoms with van der Waals surface area (Å²) in [5, 5.41) is 1.73. The topological polar surface area (TPSA) is 59.0 Å². The highest BCUT2D eigenvalue weighted by Crippen LogP contribution is 2.15. The Bertz CT molecular complexity index is 835. The molecule has 1 amide bonds. The third-order valence-corrected chi connectivity index (χ3v) is 4.07. The fourth-order valence-electron chi connectivity index (χ4n) is 2.32. The second-order valence-corrected chi connectivity index (χ2v) is 5.92. The molecule has 0 aliphatic carbocycles. The Hall–Kier alpha value is -2.47. The largest absolute Gasteiger partial charge is 0.337 e. The van der Waals surface area contributed by atoms with Crippen LogP contribution in [0.5, 0.6) is 0 Å². The van der Waals surface area contributed by atoms with E-state index in [2.05, 4.69) is 21.0 Å². The highest BCUT2D eigenvalue weighted by atomic mass is 32.2. The monoisotopic (exact) mass is 324 g/mol. The molecule has 0 aliphatic rings. The van der Waals surface area contributed by atoms with Gasteiger partial charge in [-0.05, 0) is 30.0 Å². The van der Waals surface area contributed by atoms with E-state index in [1.807, 2.05) is 30.5 Å². The molecule has 116 valence electrons. The maximum Gasteiger partial charge on any atom is 0.257 e. The molecule has 0 spiro atoms. The van der Waals surface area contributed by atoms with Crippen LogP contribution in [-0.4, -0.2) is 39.1 Å². The number of amides is 1. The van der Waals surface area contributed by atoms with E-state index in [0.717, 1.165) is 16.5 Å². The van der Waals surface area contributed by atoms with E-state index in [-0.39, 0.29) is 5.91 Å². The average molecular weight is 324 g/mol. The van der Waals surface area contributed by atoms with Crippen molar-refractivity contribution in [1.82, 2.24) is 19.9 Å². The van der Waals surface area contributed by atoms with Gasteiger partial charge in [-0.25, -0.2) is 9.97 Å². The van der Waals surface area contributed by atoms with Gasteiger partial charge in [-0.3, -0.25) is 9.78 Å². The molecule has 0 saturated carbocycles. The van der Waals surface area contributed by atoms with Crippen LogP contribution in [0.25, 0.3) is 10.9 Å². The van der Waals surface area contributed by atoms with Gasteiger partial charge < -0.3 is 4.90 Å². The Labute approximate surface area is 138 Å². The molecule has 2 heterocycles. The Kier molecular flexibility index (Phi) is 4.52. The molecule has 0 saturated heterocycles. The van der Waals surface area contributed by atoms with Crippen molar-refractivity contribution in [2.45, 2.75) is 11.7 Å². The van der Waals surface area contributed by atoms with E-state index in [4.69, 9.17) is 0 Å². The van der Waals surface area contributed by atoms with Crippen molar-refractivity contribution in [2.24, 2.45) is 0 Å². The van der Waals surface area contributed by atoms with Crippen molar-refractivity contribution in [3.8, 4) is 0 Å². The van der Waals surface area contributed by atoms with Gasteiger partial charge in [-0.2, -0.15) is 0 Å². The van der Waals surface area contributed by atoms with Crippen LogP contribution in [0, 0.1) is 0 Å². The van der Waals surface area contributed by atoms with Crippen LogP contribution in [0.1, 0.15) is 15.9 Å². The normalized spacial score (nSPS) is 10.7. The number of pyridine rings is 1. The van der Waals surface area contributed by atoms with Crippen LogP contribution in [-0.2, 0) is 6.54 Å². The van der Waals surface area contributed by atoms with Gasteiger partial charge in [-0.15, -0.1) is 0 Å². The standard InChI is InChI=1S/C17H16N4OS/c1-21(16(22)14-9-19-17(23-2)20-10-14)11-12-5-6-15-13(8-12)4-3-7-18-15/h3-10H,11H2,1-2H3. The summed E-state index contributed by atoms with van der Waals surface area (Å²) in [6.45, 7) is 0.522. The highest BCUT2D eigenvalue weighted by Gasteiger charge is 2.13.